The quantitative estimate of drug-likeness (QED) is 0.699. The summed E-state index contributed by atoms with van der Waals surface area (Å²) in [5.41, 5.74) is 0.299. The minimum absolute atomic E-state index is 0.0774. The van der Waals surface area contributed by atoms with Crippen LogP contribution in [0.3, 0.4) is 0 Å². The van der Waals surface area contributed by atoms with Crippen LogP contribution in [0, 0.1) is 11.6 Å². The molecule has 0 amide bonds. The molecule has 4 atom stereocenters. The number of nitrogens with zero attached hydrogens (tertiary/aromatic N) is 1. The van der Waals surface area contributed by atoms with Crippen molar-refractivity contribution < 1.29 is 38.1 Å². The number of carbonyl (C=O) groups excluding carboxylic acids is 2. The zero-order valence-electron chi connectivity index (χ0n) is 17.3. The Labute approximate surface area is 183 Å². The number of fused-ring (bicyclic) bond motifs is 2. The minimum atomic E-state index is -1.05. The predicted octanol–water partition coefficient (Wildman–Crippen LogP) is 1.99. The van der Waals surface area contributed by atoms with Crippen molar-refractivity contribution in [1.29, 1.82) is 0 Å². The molecule has 0 radical (unpaired) electrons. The summed E-state index contributed by atoms with van der Waals surface area (Å²) in [5.74, 6) is -1.27. The molecule has 2 heterocycles. The van der Waals surface area contributed by atoms with Crippen LogP contribution in [0.25, 0.3) is 0 Å². The smallest absolute Gasteiger partial charge is 0.170 e. The molecule has 0 fully saturated rings. The standard InChI is InChI=1S/C23H23F2NO6/c1-26(10-18(29)22-8-16(27)14-6-12(24)2-4-20(14)31-22)11-19(30)23-9-17(28)15-7-13(25)3-5-21(15)32-23/h2-7,18-19,22-23,29-30H,8-11H2,1H3/t18-,19-,22-,23+/m0/s1. The predicted molar refractivity (Wildman–Crippen MR) is 109 cm³/mol. The van der Waals surface area contributed by atoms with Crippen molar-refractivity contribution in [2.75, 3.05) is 20.1 Å². The van der Waals surface area contributed by atoms with Crippen LogP contribution in [0.1, 0.15) is 33.6 Å². The van der Waals surface area contributed by atoms with Crippen LogP contribution in [0.4, 0.5) is 8.78 Å². The van der Waals surface area contributed by atoms with E-state index in [1.807, 2.05) is 0 Å². The van der Waals surface area contributed by atoms with Crippen molar-refractivity contribution in [3.05, 3.63) is 59.2 Å². The van der Waals surface area contributed by atoms with Crippen LogP contribution in [0.2, 0.25) is 0 Å². The van der Waals surface area contributed by atoms with Crippen molar-refractivity contribution in [3.63, 3.8) is 0 Å². The van der Waals surface area contributed by atoms with Gasteiger partial charge in [-0.25, -0.2) is 8.78 Å². The molecule has 32 heavy (non-hydrogen) atoms. The topological polar surface area (TPSA) is 96.3 Å². The largest absolute Gasteiger partial charge is 0.486 e. The summed E-state index contributed by atoms with van der Waals surface area (Å²) < 4.78 is 38.1. The second-order valence-corrected chi connectivity index (χ2v) is 8.20. The molecule has 0 saturated carbocycles. The van der Waals surface area contributed by atoms with Crippen molar-refractivity contribution in [2.45, 2.75) is 37.3 Å². The Morgan fingerprint density at radius 1 is 0.875 bits per heavy atom. The zero-order valence-corrected chi connectivity index (χ0v) is 17.3. The second kappa shape index (κ2) is 8.93. The maximum Gasteiger partial charge on any atom is 0.170 e. The summed E-state index contributed by atoms with van der Waals surface area (Å²) >= 11 is 0. The Kier molecular flexibility index (Phi) is 6.23. The summed E-state index contributed by atoms with van der Waals surface area (Å²) in [4.78, 5) is 26.2. The van der Waals surface area contributed by atoms with E-state index >= 15 is 0 Å². The number of Topliss-reactive ketones (excluding diaryl/α,β-unsaturated/α-hetero) is 2. The van der Waals surface area contributed by atoms with Crippen molar-refractivity contribution in [3.8, 4) is 11.5 Å². The number of ketones is 2. The van der Waals surface area contributed by atoms with Crippen LogP contribution in [0.15, 0.2) is 36.4 Å². The first kappa shape index (κ1) is 22.3. The van der Waals surface area contributed by atoms with Gasteiger partial charge in [-0.3, -0.25) is 9.59 Å². The van der Waals surface area contributed by atoms with E-state index in [-0.39, 0.29) is 60.1 Å². The lowest BCUT2D eigenvalue weighted by molar-refractivity contribution is -0.0179. The molecule has 0 unspecified atom stereocenters. The molecule has 2 aromatic rings. The lowest BCUT2D eigenvalue weighted by Gasteiger charge is -2.33. The monoisotopic (exact) mass is 447 g/mol. The van der Waals surface area contributed by atoms with Crippen molar-refractivity contribution >= 4 is 11.6 Å². The first-order valence-electron chi connectivity index (χ1n) is 10.2. The number of aliphatic hydroxyl groups is 2. The van der Waals surface area contributed by atoms with E-state index < -0.39 is 36.1 Å². The Morgan fingerprint density at radius 2 is 1.28 bits per heavy atom. The van der Waals surface area contributed by atoms with E-state index in [0.717, 1.165) is 12.1 Å². The molecule has 2 aliphatic heterocycles. The molecular weight excluding hydrogens is 424 g/mol. The fourth-order valence-corrected chi connectivity index (χ4v) is 4.02. The number of benzene rings is 2. The normalized spacial score (nSPS) is 21.9. The molecule has 7 nitrogen and oxygen atoms in total. The molecule has 4 rings (SSSR count). The Balaban J connectivity index is 1.34. The highest BCUT2D eigenvalue weighted by molar-refractivity contribution is 6.00. The highest BCUT2D eigenvalue weighted by Gasteiger charge is 2.35. The van der Waals surface area contributed by atoms with Crippen LogP contribution in [0.5, 0.6) is 11.5 Å². The number of halogens is 2. The number of hydrogen-bond donors (Lipinski definition) is 2. The van der Waals surface area contributed by atoms with Gasteiger partial charge >= 0.3 is 0 Å². The number of carbonyl (C=O) groups is 2. The molecule has 0 saturated heterocycles. The van der Waals surface area contributed by atoms with Gasteiger partial charge in [-0.05, 0) is 43.4 Å². The molecule has 0 aromatic heterocycles. The van der Waals surface area contributed by atoms with E-state index in [0.29, 0.717) is 0 Å². The van der Waals surface area contributed by atoms with Gasteiger partial charge in [0.15, 0.2) is 11.6 Å². The Hall–Kier alpha value is -2.88. The summed E-state index contributed by atoms with van der Waals surface area (Å²) in [6.07, 6.45) is -3.91. The summed E-state index contributed by atoms with van der Waals surface area (Å²) in [5, 5.41) is 21.1. The van der Waals surface area contributed by atoms with Gasteiger partial charge in [0.2, 0.25) is 0 Å². The maximum atomic E-state index is 13.4. The van der Waals surface area contributed by atoms with E-state index in [1.165, 1.54) is 24.3 Å². The van der Waals surface area contributed by atoms with Crippen LogP contribution >= 0.6 is 0 Å². The molecule has 2 N–H and O–H groups in total. The molecule has 0 bridgehead atoms. The number of rotatable bonds is 6. The molecule has 0 spiro atoms. The van der Waals surface area contributed by atoms with Gasteiger partial charge in [-0.2, -0.15) is 0 Å². The lowest BCUT2D eigenvalue weighted by atomic mass is 9.96. The average Bonchev–Trinajstić information content (AvgIpc) is 2.74. The van der Waals surface area contributed by atoms with Crippen molar-refractivity contribution in [2.24, 2.45) is 0 Å². The number of likely N-dealkylation sites (N-methyl/N-ethyl adjacent to an activating group) is 1. The number of ether oxygens (including phenoxy) is 2. The zero-order chi connectivity index (χ0) is 23.0. The second-order valence-electron chi connectivity index (χ2n) is 8.20. The van der Waals surface area contributed by atoms with Crippen molar-refractivity contribution in [1.82, 2.24) is 4.90 Å². The fraction of sp³-hybridized carbons (Fsp3) is 0.391. The highest BCUT2D eigenvalue weighted by Crippen LogP contribution is 2.31. The van der Waals surface area contributed by atoms with Gasteiger partial charge < -0.3 is 24.6 Å². The minimum Gasteiger partial charge on any atom is -0.486 e. The summed E-state index contributed by atoms with van der Waals surface area (Å²) in [6.45, 7) is 0.155. The van der Waals surface area contributed by atoms with Gasteiger partial charge in [0.1, 0.15) is 47.5 Å². The van der Waals surface area contributed by atoms with Gasteiger partial charge in [-0.1, -0.05) is 0 Å². The number of aliphatic hydroxyl groups excluding tert-OH is 2. The molecule has 0 aliphatic carbocycles. The van der Waals surface area contributed by atoms with Gasteiger partial charge in [0, 0.05) is 13.1 Å². The lowest BCUT2D eigenvalue weighted by Crippen LogP contribution is -2.48. The maximum absolute atomic E-state index is 13.4. The summed E-state index contributed by atoms with van der Waals surface area (Å²) in [6, 6.07) is 7.30. The van der Waals surface area contributed by atoms with Crippen LogP contribution in [-0.4, -0.2) is 71.2 Å². The third-order valence-corrected chi connectivity index (χ3v) is 5.67. The average molecular weight is 447 g/mol. The van der Waals surface area contributed by atoms with Gasteiger partial charge in [-0.15, -0.1) is 0 Å². The van der Waals surface area contributed by atoms with Crippen LogP contribution < -0.4 is 9.47 Å². The van der Waals surface area contributed by atoms with E-state index in [4.69, 9.17) is 9.47 Å². The third kappa shape index (κ3) is 4.64. The van der Waals surface area contributed by atoms with Gasteiger partial charge in [0.25, 0.3) is 0 Å². The molecular formula is C23H23F2NO6. The Morgan fingerprint density at radius 3 is 1.69 bits per heavy atom. The molecule has 2 aromatic carbocycles. The van der Waals surface area contributed by atoms with E-state index in [1.54, 1.807) is 11.9 Å². The molecule has 9 heteroatoms. The molecule has 2 aliphatic rings. The Bertz CT molecular complexity index is 964. The highest BCUT2D eigenvalue weighted by atomic mass is 19.1. The molecule has 170 valence electrons. The first-order valence-corrected chi connectivity index (χ1v) is 10.2. The SMILES string of the molecule is CN(C[C@H](O)[C@@H]1CC(=O)c2cc(F)ccc2O1)C[C@H](O)[C@H]1CC(=O)c2cc(F)ccc2O1. The van der Waals surface area contributed by atoms with E-state index in [2.05, 4.69) is 0 Å². The first-order chi connectivity index (χ1) is 15.2. The van der Waals surface area contributed by atoms with Gasteiger partial charge in [0.05, 0.1) is 24.0 Å². The van der Waals surface area contributed by atoms with Crippen LogP contribution in [-0.2, 0) is 0 Å². The fourth-order valence-electron chi connectivity index (χ4n) is 4.02. The third-order valence-electron chi connectivity index (χ3n) is 5.67. The number of hydrogen-bond acceptors (Lipinski definition) is 7. The summed E-state index contributed by atoms with van der Waals surface area (Å²) in [7, 11) is 1.66. The van der Waals surface area contributed by atoms with E-state index in [9.17, 15) is 28.6 Å².